The topological polar surface area (TPSA) is 59.9 Å². The fourth-order valence-corrected chi connectivity index (χ4v) is 2.63. The van der Waals surface area contributed by atoms with E-state index in [2.05, 4.69) is 10.5 Å². The largest absolute Gasteiger partial charge is 0.467 e. The molecule has 6 heteroatoms. The van der Waals surface area contributed by atoms with E-state index in [1.165, 1.54) is 7.11 Å². The normalized spacial score (nSPS) is 24.7. The molecule has 0 aromatic heterocycles. The van der Waals surface area contributed by atoms with Gasteiger partial charge in [0, 0.05) is 17.0 Å². The van der Waals surface area contributed by atoms with Crippen molar-refractivity contribution >= 4 is 23.3 Å². The van der Waals surface area contributed by atoms with E-state index in [1.807, 2.05) is 12.1 Å². The summed E-state index contributed by atoms with van der Waals surface area (Å²) in [5, 5.41) is 4.83. The molecule has 3 rings (SSSR count). The number of hydrogen-bond acceptors (Lipinski definition) is 5. The molecule has 2 aliphatic rings. The predicted octanol–water partition coefficient (Wildman–Crippen LogP) is 1.09. The van der Waals surface area contributed by atoms with E-state index in [0.717, 1.165) is 11.1 Å². The molecule has 0 bridgehead atoms. The average Bonchev–Trinajstić information content (AvgIpc) is 2.72. The van der Waals surface area contributed by atoms with Gasteiger partial charge in [-0.1, -0.05) is 17.7 Å². The first-order chi connectivity index (χ1) is 8.67. The van der Waals surface area contributed by atoms with Crippen LogP contribution in [0.3, 0.4) is 0 Å². The number of benzene rings is 1. The van der Waals surface area contributed by atoms with Crippen LogP contribution in [0.5, 0.6) is 0 Å². The predicted molar refractivity (Wildman–Crippen MR) is 65.5 cm³/mol. The molecule has 18 heavy (non-hydrogen) atoms. The van der Waals surface area contributed by atoms with Crippen molar-refractivity contribution in [3.8, 4) is 0 Å². The maximum absolute atomic E-state index is 12.0. The zero-order chi connectivity index (χ0) is 12.8. The van der Waals surface area contributed by atoms with Gasteiger partial charge in [-0.05, 0) is 17.7 Å². The first kappa shape index (κ1) is 11.5. The number of nitrogens with zero attached hydrogens (tertiary/aromatic N) is 1. The highest BCUT2D eigenvalue weighted by molar-refractivity contribution is 6.31. The molecule has 5 nitrogen and oxygen atoms in total. The smallest absolute Gasteiger partial charge is 0.345 e. The molecule has 1 atom stereocenters. The fourth-order valence-electron chi connectivity index (χ4n) is 2.44. The molecular formula is C12H11ClN2O3. The van der Waals surface area contributed by atoms with E-state index < -0.39 is 11.6 Å². The average molecular weight is 267 g/mol. The van der Waals surface area contributed by atoms with Gasteiger partial charge in [-0.25, -0.2) is 4.79 Å². The van der Waals surface area contributed by atoms with Gasteiger partial charge in [0.25, 0.3) is 0 Å². The third kappa shape index (κ3) is 1.44. The maximum Gasteiger partial charge on any atom is 0.345 e. The molecule has 0 radical (unpaired) electrons. The number of methoxy groups -OCH3 is 1. The van der Waals surface area contributed by atoms with Crippen molar-refractivity contribution in [2.24, 2.45) is 5.10 Å². The third-order valence-electron chi connectivity index (χ3n) is 3.23. The molecule has 1 aliphatic carbocycles. The highest BCUT2D eigenvalue weighted by Crippen LogP contribution is 2.36. The fraction of sp³-hybridized carbons (Fsp3) is 0.333. The van der Waals surface area contributed by atoms with E-state index in [-0.39, 0.29) is 6.73 Å². The van der Waals surface area contributed by atoms with Crippen LogP contribution in [-0.2, 0) is 20.7 Å². The van der Waals surface area contributed by atoms with E-state index in [1.54, 1.807) is 6.07 Å². The van der Waals surface area contributed by atoms with Crippen LogP contribution in [0.1, 0.15) is 11.1 Å². The molecule has 0 saturated carbocycles. The Labute approximate surface area is 109 Å². The van der Waals surface area contributed by atoms with Gasteiger partial charge in [-0.2, -0.15) is 5.10 Å². The Morgan fingerprint density at radius 3 is 3.22 bits per heavy atom. The first-order valence-corrected chi connectivity index (χ1v) is 5.87. The summed E-state index contributed by atoms with van der Waals surface area (Å²) in [5.41, 5.74) is 3.98. The Morgan fingerprint density at radius 1 is 1.61 bits per heavy atom. The summed E-state index contributed by atoms with van der Waals surface area (Å²) < 4.78 is 10.5. The zero-order valence-corrected chi connectivity index (χ0v) is 10.5. The lowest BCUT2D eigenvalue weighted by atomic mass is 9.98. The monoisotopic (exact) mass is 266 g/mol. The van der Waals surface area contributed by atoms with Crippen molar-refractivity contribution in [1.82, 2.24) is 5.43 Å². The van der Waals surface area contributed by atoms with Crippen LogP contribution in [-0.4, -0.2) is 31.1 Å². The van der Waals surface area contributed by atoms with Crippen LogP contribution in [0, 0.1) is 0 Å². The number of carbonyl (C=O) groups excluding carboxylic acids is 1. The van der Waals surface area contributed by atoms with Gasteiger partial charge in [-0.15, -0.1) is 0 Å². The van der Waals surface area contributed by atoms with Crippen LogP contribution < -0.4 is 5.43 Å². The molecule has 1 unspecified atom stereocenters. The molecular weight excluding hydrogens is 256 g/mol. The summed E-state index contributed by atoms with van der Waals surface area (Å²) >= 11 is 5.97. The Hall–Kier alpha value is -1.59. The van der Waals surface area contributed by atoms with Crippen molar-refractivity contribution in [2.75, 3.05) is 13.8 Å². The number of rotatable bonds is 1. The number of ether oxygens (including phenoxy) is 2. The molecule has 1 heterocycles. The molecule has 1 N–H and O–H groups in total. The number of carbonyl (C=O) groups is 1. The van der Waals surface area contributed by atoms with Crippen molar-refractivity contribution in [1.29, 1.82) is 0 Å². The SMILES string of the molecule is COC(=O)C12Cc3cc(Cl)ccc3C1=NNCO2. The lowest BCUT2D eigenvalue weighted by Crippen LogP contribution is -2.53. The van der Waals surface area contributed by atoms with E-state index in [4.69, 9.17) is 21.1 Å². The quantitative estimate of drug-likeness (QED) is 0.773. The summed E-state index contributed by atoms with van der Waals surface area (Å²) in [6.07, 6.45) is 0.399. The molecule has 1 aliphatic heterocycles. The number of hydrogen-bond donors (Lipinski definition) is 1. The van der Waals surface area contributed by atoms with Crippen molar-refractivity contribution in [3.05, 3.63) is 34.3 Å². The maximum atomic E-state index is 12.0. The molecule has 1 aromatic carbocycles. The molecule has 0 amide bonds. The summed E-state index contributed by atoms with van der Waals surface area (Å²) in [6.45, 7) is 0.181. The zero-order valence-electron chi connectivity index (χ0n) is 9.70. The highest BCUT2D eigenvalue weighted by Gasteiger charge is 2.53. The summed E-state index contributed by atoms with van der Waals surface area (Å²) in [7, 11) is 1.34. The van der Waals surface area contributed by atoms with Crippen molar-refractivity contribution in [2.45, 2.75) is 12.0 Å². The molecule has 1 aromatic rings. The van der Waals surface area contributed by atoms with Crippen LogP contribution in [0.4, 0.5) is 0 Å². The molecule has 0 saturated heterocycles. The summed E-state index contributed by atoms with van der Waals surface area (Å²) in [5.74, 6) is -0.435. The molecule has 94 valence electrons. The molecule has 0 fully saturated rings. The Bertz CT molecular complexity index is 558. The van der Waals surface area contributed by atoms with Crippen molar-refractivity contribution in [3.63, 3.8) is 0 Å². The van der Waals surface area contributed by atoms with E-state index in [0.29, 0.717) is 17.2 Å². The van der Waals surface area contributed by atoms with Gasteiger partial charge in [0.15, 0.2) is 0 Å². The number of halogens is 1. The summed E-state index contributed by atoms with van der Waals surface area (Å²) in [4.78, 5) is 12.0. The number of hydrazone groups is 1. The summed E-state index contributed by atoms with van der Waals surface area (Å²) in [6, 6.07) is 5.44. The van der Waals surface area contributed by atoms with Crippen LogP contribution in [0.15, 0.2) is 23.3 Å². The van der Waals surface area contributed by atoms with Crippen LogP contribution in [0.2, 0.25) is 5.02 Å². The van der Waals surface area contributed by atoms with Gasteiger partial charge in [-0.3, -0.25) is 5.43 Å². The minimum atomic E-state index is -1.13. The van der Waals surface area contributed by atoms with Crippen LogP contribution >= 0.6 is 11.6 Å². The second kappa shape index (κ2) is 3.96. The standard InChI is InChI=1S/C12H11ClN2O3/c1-17-11(16)12-5-7-4-8(13)2-3-9(7)10(12)15-14-6-18-12/h2-4,14H,5-6H2,1H3. The van der Waals surface area contributed by atoms with Gasteiger partial charge in [0.2, 0.25) is 5.60 Å². The Kier molecular flexibility index (Phi) is 2.53. The van der Waals surface area contributed by atoms with Gasteiger partial charge in [0.05, 0.1) is 7.11 Å². The van der Waals surface area contributed by atoms with E-state index >= 15 is 0 Å². The third-order valence-corrected chi connectivity index (χ3v) is 3.47. The second-order valence-corrected chi connectivity index (χ2v) is 4.64. The van der Waals surface area contributed by atoms with Gasteiger partial charge >= 0.3 is 5.97 Å². The minimum absolute atomic E-state index is 0.181. The van der Waals surface area contributed by atoms with Gasteiger partial charge < -0.3 is 9.47 Å². The highest BCUT2D eigenvalue weighted by atomic mass is 35.5. The minimum Gasteiger partial charge on any atom is -0.467 e. The van der Waals surface area contributed by atoms with Gasteiger partial charge in [0.1, 0.15) is 12.4 Å². The second-order valence-electron chi connectivity index (χ2n) is 4.20. The lowest BCUT2D eigenvalue weighted by Gasteiger charge is -2.30. The number of fused-ring (bicyclic) bond motifs is 3. The van der Waals surface area contributed by atoms with E-state index in [9.17, 15) is 4.79 Å². The Morgan fingerprint density at radius 2 is 2.44 bits per heavy atom. The number of nitrogens with one attached hydrogen (secondary N) is 1. The molecule has 0 spiro atoms. The lowest BCUT2D eigenvalue weighted by molar-refractivity contribution is -0.161. The van der Waals surface area contributed by atoms with Crippen LogP contribution in [0.25, 0.3) is 0 Å². The Balaban J connectivity index is 2.16. The first-order valence-electron chi connectivity index (χ1n) is 5.49. The number of esters is 1. The van der Waals surface area contributed by atoms with Crippen molar-refractivity contribution < 1.29 is 14.3 Å².